The first-order valence-corrected chi connectivity index (χ1v) is 5.60. The van der Waals surface area contributed by atoms with E-state index < -0.39 is 0 Å². The zero-order valence-electron chi connectivity index (χ0n) is 10.1. The highest BCUT2D eigenvalue weighted by Gasteiger charge is 2.01. The minimum Gasteiger partial charge on any atom is -0.461 e. The van der Waals surface area contributed by atoms with Gasteiger partial charge in [-0.15, -0.1) is 0 Å². The number of ether oxygens (including phenoxy) is 1. The first-order chi connectivity index (χ1) is 7.61. The fourth-order valence-corrected chi connectivity index (χ4v) is 1.32. The van der Waals surface area contributed by atoms with Gasteiger partial charge in [0.1, 0.15) is 6.61 Å². The van der Waals surface area contributed by atoms with Gasteiger partial charge < -0.3 is 10.1 Å². The summed E-state index contributed by atoms with van der Waals surface area (Å²) in [5.41, 5.74) is 2.07. The summed E-state index contributed by atoms with van der Waals surface area (Å²) in [5, 5.41) is 3.38. The van der Waals surface area contributed by atoms with Gasteiger partial charge >= 0.3 is 5.97 Å². The minimum absolute atomic E-state index is 0.250. The van der Waals surface area contributed by atoms with Crippen molar-refractivity contribution in [3.05, 3.63) is 29.8 Å². The van der Waals surface area contributed by atoms with Gasteiger partial charge in [0.25, 0.3) is 0 Å². The number of hydrogen-bond acceptors (Lipinski definition) is 3. The normalized spacial score (nSPS) is 11.9. The quantitative estimate of drug-likeness (QED) is 0.777. The van der Waals surface area contributed by atoms with Gasteiger partial charge in [-0.3, -0.25) is 4.79 Å². The fraction of sp³-hybridized carbons (Fsp3) is 0.462. The van der Waals surface area contributed by atoms with Crippen molar-refractivity contribution in [1.29, 1.82) is 0 Å². The van der Waals surface area contributed by atoms with Crippen LogP contribution in [0.2, 0.25) is 0 Å². The lowest BCUT2D eigenvalue weighted by molar-refractivity contribution is -0.142. The summed E-state index contributed by atoms with van der Waals surface area (Å²) in [6, 6.07) is 8.39. The molecule has 0 aromatic heterocycles. The Labute approximate surface area is 96.8 Å². The maximum Gasteiger partial charge on any atom is 0.302 e. The molecule has 0 bridgehead atoms. The van der Waals surface area contributed by atoms with Crippen LogP contribution >= 0.6 is 0 Å². The summed E-state index contributed by atoms with van der Waals surface area (Å²) in [5.74, 6) is -0.250. The molecule has 3 heteroatoms. The Bertz CT molecular complexity index is 350. The van der Waals surface area contributed by atoms with Crippen molar-refractivity contribution in [2.24, 2.45) is 0 Å². The van der Waals surface area contributed by atoms with E-state index in [-0.39, 0.29) is 5.97 Å². The van der Waals surface area contributed by atoms with Crippen LogP contribution in [-0.4, -0.2) is 12.0 Å². The number of hydrogen-bond donors (Lipinski definition) is 1. The first kappa shape index (κ1) is 12.6. The highest BCUT2D eigenvalue weighted by atomic mass is 16.5. The number of esters is 1. The van der Waals surface area contributed by atoms with Crippen LogP contribution in [0.15, 0.2) is 24.3 Å². The van der Waals surface area contributed by atoms with Crippen LogP contribution < -0.4 is 5.32 Å². The summed E-state index contributed by atoms with van der Waals surface area (Å²) in [6.45, 7) is 6.03. The van der Waals surface area contributed by atoms with Crippen molar-refractivity contribution in [2.75, 3.05) is 5.32 Å². The van der Waals surface area contributed by atoms with E-state index in [4.69, 9.17) is 4.74 Å². The third-order valence-corrected chi connectivity index (χ3v) is 2.39. The molecule has 0 radical (unpaired) electrons. The molecular formula is C13H19NO2. The van der Waals surface area contributed by atoms with Gasteiger partial charge in [0.05, 0.1) is 0 Å². The lowest BCUT2D eigenvalue weighted by Gasteiger charge is -2.13. The molecule has 0 aliphatic rings. The van der Waals surface area contributed by atoms with E-state index >= 15 is 0 Å². The van der Waals surface area contributed by atoms with Crippen LogP contribution in [0.1, 0.15) is 32.8 Å². The van der Waals surface area contributed by atoms with Crippen molar-refractivity contribution in [3.63, 3.8) is 0 Å². The van der Waals surface area contributed by atoms with Crippen molar-refractivity contribution < 1.29 is 9.53 Å². The summed E-state index contributed by atoms with van der Waals surface area (Å²) >= 11 is 0. The Balaban J connectivity index is 2.60. The SMILES string of the molecule is CCC(C)Nc1cccc(COC(C)=O)c1. The summed E-state index contributed by atoms with van der Waals surface area (Å²) in [6.07, 6.45) is 1.08. The Morgan fingerprint density at radius 1 is 1.50 bits per heavy atom. The molecule has 3 nitrogen and oxygen atoms in total. The van der Waals surface area contributed by atoms with Crippen molar-refractivity contribution in [1.82, 2.24) is 0 Å². The molecule has 0 heterocycles. The topological polar surface area (TPSA) is 38.3 Å². The van der Waals surface area contributed by atoms with Crippen molar-refractivity contribution in [3.8, 4) is 0 Å². The Hall–Kier alpha value is -1.51. The predicted molar refractivity (Wildman–Crippen MR) is 65.3 cm³/mol. The molecule has 0 aliphatic heterocycles. The molecule has 1 aromatic rings. The predicted octanol–water partition coefficient (Wildman–Crippen LogP) is 2.96. The van der Waals surface area contributed by atoms with E-state index in [1.165, 1.54) is 6.92 Å². The number of carbonyl (C=O) groups excluding carboxylic acids is 1. The van der Waals surface area contributed by atoms with Gasteiger partial charge in [-0.2, -0.15) is 0 Å². The first-order valence-electron chi connectivity index (χ1n) is 5.60. The number of anilines is 1. The molecule has 0 aliphatic carbocycles. The molecule has 1 aromatic carbocycles. The third-order valence-electron chi connectivity index (χ3n) is 2.39. The van der Waals surface area contributed by atoms with Crippen LogP contribution in [0.25, 0.3) is 0 Å². The van der Waals surface area contributed by atoms with E-state index in [0.29, 0.717) is 12.6 Å². The summed E-state index contributed by atoms with van der Waals surface area (Å²) in [4.78, 5) is 10.7. The second kappa shape index (κ2) is 6.16. The smallest absolute Gasteiger partial charge is 0.302 e. The molecule has 1 unspecified atom stereocenters. The van der Waals surface area contributed by atoms with Crippen LogP contribution in [-0.2, 0) is 16.1 Å². The van der Waals surface area contributed by atoms with Crippen molar-refractivity contribution in [2.45, 2.75) is 39.8 Å². The Morgan fingerprint density at radius 2 is 2.25 bits per heavy atom. The van der Waals surface area contributed by atoms with Gasteiger partial charge in [0, 0.05) is 18.7 Å². The van der Waals surface area contributed by atoms with Crippen molar-refractivity contribution >= 4 is 11.7 Å². The zero-order valence-corrected chi connectivity index (χ0v) is 10.1. The van der Waals surface area contributed by atoms with E-state index in [2.05, 4.69) is 19.2 Å². The Kier molecular flexibility index (Phi) is 4.83. The van der Waals surface area contributed by atoms with Crippen LogP contribution in [0.3, 0.4) is 0 Å². The molecule has 0 saturated heterocycles. The third kappa shape index (κ3) is 4.34. The van der Waals surface area contributed by atoms with Gasteiger partial charge in [-0.25, -0.2) is 0 Å². The lowest BCUT2D eigenvalue weighted by atomic mass is 10.2. The van der Waals surface area contributed by atoms with E-state index in [0.717, 1.165) is 17.7 Å². The van der Waals surface area contributed by atoms with Gasteiger partial charge in [0.15, 0.2) is 0 Å². The second-order valence-electron chi connectivity index (χ2n) is 3.93. The van der Waals surface area contributed by atoms with Gasteiger partial charge in [-0.05, 0) is 31.0 Å². The van der Waals surface area contributed by atoms with Crippen LogP contribution in [0.4, 0.5) is 5.69 Å². The maximum absolute atomic E-state index is 10.7. The molecule has 88 valence electrons. The highest BCUT2D eigenvalue weighted by Crippen LogP contribution is 2.13. The molecule has 0 amide bonds. The molecule has 1 atom stereocenters. The number of rotatable bonds is 5. The maximum atomic E-state index is 10.7. The molecule has 0 spiro atoms. The van der Waals surface area contributed by atoms with E-state index in [1.807, 2.05) is 24.3 Å². The number of carbonyl (C=O) groups is 1. The number of benzene rings is 1. The largest absolute Gasteiger partial charge is 0.461 e. The zero-order chi connectivity index (χ0) is 12.0. The molecule has 1 N–H and O–H groups in total. The Morgan fingerprint density at radius 3 is 2.88 bits per heavy atom. The molecule has 16 heavy (non-hydrogen) atoms. The molecular weight excluding hydrogens is 202 g/mol. The average molecular weight is 221 g/mol. The second-order valence-corrected chi connectivity index (χ2v) is 3.93. The lowest BCUT2D eigenvalue weighted by Crippen LogP contribution is -2.13. The highest BCUT2D eigenvalue weighted by molar-refractivity contribution is 5.66. The van der Waals surface area contributed by atoms with Crippen LogP contribution in [0.5, 0.6) is 0 Å². The van der Waals surface area contributed by atoms with Crippen LogP contribution in [0, 0.1) is 0 Å². The standard InChI is InChI=1S/C13H19NO2/c1-4-10(2)14-13-7-5-6-12(8-13)9-16-11(3)15/h5-8,10,14H,4,9H2,1-3H3. The monoisotopic (exact) mass is 221 g/mol. The molecule has 1 rings (SSSR count). The fourth-order valence-electron chi connectivity index (χ4n) is 1.32. The molecule has 0 saturated carbocycles. The summed E-state index contributed by atoms with van der Waals surface area (Å²) in [7, 11) is 0. The van der Waals surface area contributed by atoms with Gasteiger partial charge in [-0.1, -0.05) is 19.1 Å². The number of nitrogens with one attached hydrogen (secondary N) is 1. The molecule has 0 fully saturated rings. The summed E-state index contributed by atoms with van der Waals surface area (Å²) < 4.78 is 4.95. The van der Waals surface area contributed by atoms with Gasteiger partial charge in [0.2, 0.25) is 0 Å². The van der Waals surface area contributed by atoms with E-state index in [9.17, 15) is 4.79 Å². The average Bonchev–Trinajstić information content (AvgIpc) is 2.26. The van der Waals surface area contributed by atoms with E-state index in [1.54, 1.807) is 0 Å². The minimum atomic E-state index is -0.250.